The molecular weight excluding hydrogens is 298 g/mol. The Morgan fingerprint density at radius 1 is 1.21 bits per heavy atom. The maximum Gasteiger partial charge on any atom is 0.0822 e. The molecule has 120 valence electrons. The van der Waals surface area contributed by atoms with Crippen molar-refractivity contribution in [1.29, 1.82) is 0 Å². The molecule has 3 aromatic rings. The highest BCUT2D eigenvalue weighted by Crippen LogP contribution is 2.27. The first-order valence-electron chi connectivity index (χ1n) is 8.33. The number of hydrazine groups is 1. The fourth-order valence-corrected chi connectivity index (χ4v) is 3.98. The average molecular weight is 317 g/mol. The van der Waals surface area contributed by atoms with E-state index in [0.29, 0.717) is 6.04 Å². The molecule has 0 saturated carbocycles. The topological polar surface area (TPSA) is 54.8 Å². The van der Waals surface area contributed by atoms with E-state index in [2.05, 4.69) is 52.5 Å². The van der Waals surface area contributed by atoms with Crippen LogP contribution in [0.3, 0.4) is 0 Å². The lowest BCUT2D eigenvalue weighted by Crippen LogP contribution is -2.40. The van der Waals surface area contributed by atoms with Gasteiger partial charge in [0.05, 0.1) is 16.7 Å². The van der Waals surface area contributed by atoms with Gasteiger partial charge in [-0.3, -0.25) is 10.1 Å². The molecule has 1 aliphatic carbocycles. The van der Waals surface area contributed by atoms with Gasteiger partial charge < -0.3 is 0 Å². The smallest absolute Gasteiger partial charge is 0.0822 e. The van der Waals surface area contributed by atoms with Crippen LogP contribution in [0.4, 0.5) is 0 Å². The van der Waals surface area contributed by atoms with Gasteiger partial charge in [0, 0.05) is 42.0 Å². The van der Waals surface area contributed by atoms with Crippen LogP contribution >= 0.6 is 0 Å². The van der Waals surface area contributed by atoms with Gasteiger partial charge in [0.25, 0.3) is 0 Å². The molecule has 5 rings (SSSR count). The van der Waals surface area contributed by atoms with Crippen LogP contribution in [0.2, 0.25) is 0 Å². The Morgan fingerprint density at radius 2 is 2.04 bits per heavy atom. The molecule has 2 aliphatic rings. The summed E-state index contributed by atoms with van der Waals surface area (Å²) in [4.78, 5) is 5.06. The second-order valence-corrected chi connectivity index (χ2v) is 6.58. The molecule has 2 aromatic heterocycles. The minimum atomic E-state index is 0.383. The Balaban J connectivity index is 1.95. The number of hydrogen-bond acceptors (Lipinski definition) is 4. The Labute approximate surface area is 139 Å². The lowest BCUT2D eigenvalue weighted by Gasteiger charge is -2.16. The van der Waals surface area contributed by atoms with Crippen molar-refractivity contribution >= 4 is 22.4 Å². The predicted molar refractivity (Wildman–Crippen MR) is 95.3 cm³/mol. The van der Waals surface area contributed by atoms with E-state index in [-0.39, 0.29) is 0 Å². The average Bonchev–Trinajstić information content (AvgIpc) is 3.19. The van der Waals surface area contributed by atoms with Gasteiger partial charge in [-0.15, -0.1) is 0 Å². The molecule has 1 unspecified atom stereocenters. The molecule has 0 amide bonds. The summed E-state index contributed by atoms with van der Waals surface area (Å²) in [5, 5.41) is 9.37. The zero-order valence-corrected chi connectivity index (χ0v) is 13.8. The fraction of sp³-hybridized carbons (Fsp3) is 0.263. The van der Waals surface area contributed by atoms with E-state index in [4.69, 9.17) is 4.98 Å². The Bertz CT molecular complexity index is 1090. The van der Waals surface area contributed by atoms with Crippen molar-refractivity contribution in [1.82, 2.24) is 25.6 Å². The maximum atomic E-state index is 5.06. The molecule has 0 spiro atoms. The number of fused-ring (bicyclic) bond motifs is 4. The van der Waals surface area contributed by atoms with Gasteiger partial charge in [-0.2, -0.15) is 5.10 Å². The van der Waals surface area contributed by atoms with Gasteiger partial charge >= 0.3 is 0 Å². The quantitative estimate of drug-likeness (QED) is 0.696. The highest BCUT2D eigenvalue weighted by atomic mass is 15.4. The number of nitrogens with zero attached hydrogens (tertiary/aromatic N) is 3. The van der Waals surface area contributed by atoms with Crippen LogP contribution in [0.25, 0.3) is 33.7 Å². The van der Waals surface area contributed by atoms with E-state index in [1.807, 2.05) is 18.7 Å². The number of pyridine rings is 1. The molecule has 2 N–H and O–H groups in total. The third-order valence-corrected chi connectivity index (χ3v) is 5.05. The molecule has 1 aromatic carbocycles. The van der Waals surface area contributed by atoms with Crippen LogP contribution in [0.5, 0.6) is 0 Å². The summed E-state index contributed by atoms with van der Waals surface area (Å²) in [6.45, 7) is 2.92. The van der Waals surface area contributed by atoms with Crippen LogP contribution < -0.4 is 21.4 Å². The van der Waals surface area contributed by atoms with Crippen molar-refractivity contribution in [3.05, 3.63) is 46.7 Å². The van der Waals surface area contributed by atoms with Crippen LogP contribution in [-0.4, -0.2) is 27.4 Å². The molecule has 1 saturated heterocycles. The van der Waals surface area contributed by atoms with Gasteiger partial charge in [0.1, 0.15) is 0 Å². The summed E-state index contributed by atoms with van der Waals surface area (Å²) in [7, 11) is 1.96. The van der Waals surface area contributed by atoms with E-state index in [0.717, 1.165) is 35.3 Å². The number of rotatable bonds is 1. The van der Waals surface area contributed by atoms with Crippen LogP contribution in [0.1, 0.15) is 12.1 Å². The first-order valence-corrected chi connectivity index (χ1v) is 8.33. The number of aromatic nitrogens is 3. The molecule has 0 radical (unpaired) electrons. The van der Waals surface area contributed by atoms with E-state index in [1.54, 1.807) is 0 Å². The van der Waals surface area contributed by atoms with E-state index in [9.17, 15) is 0 Å². The number of benzene rings is 1. The lowest BCUT2D eigenvalue weighted by molar-refractivity contribution is 0.592. The Morgan fingerprint density at radius 3 is 2.83 bits per heavy atom. The van der Waals surface area contributed by atoms with Gasteiger partial charge in [0.15, 0.2) is 0 Å². The van der Waals surface area contributed by atoms with Crippen molar-refractivity contribution in [2.45, 2.75) is 19.4 Å². The van der Waals surface area contributed by atoms with Crippen molar-refractivity contribution in [3.8, 4) is 11.3 Å². The summed E-state index contributed by atoms with van der Waals surface area (Å²) in [5.41, 5.74) is 11.2. The number of nitrogens with one attached hydrogen (secondary N) is 2. The summed E-state index contributed by atoms with van der Waals surface area (Å²) in [5.74, 6) is 0. The first-order chi connectivity index (χ1) is 11.7. The summed E-state index contributed by atoms with van der Waals surface area (Å²) in [6, 6.07) is 8.97. The lowest BCUT2D eigenvalue weighted by atomic mass is 9.93. The molecule has 24 heavy (non-hydrogen) atoms. The monoisotopic (exact) mass is 317 g/mol. The summed E-state index contributed by atoms with van der Waals surface area (Å²) >= 11 is 0. The molecule has 5 nitrogen and oxygen atoms in total. The Hall–Kier alpha value is -2.50. The molecule has 1 fully saturated rings. The zero-order valence-electron chi connectivity index (χ0n) is 13.8. The third-order valence-electron chi connectivity index (χ3n) is 5.05. The predicted octanol–water partition coefficient (Wildman–Crippen LogP) is 0.755. The van der Waals surface area contributed by atoms with Crippen molar-refractivity contribution in [2.75, 3.05) is 6.54 Å². The molecule has 5 heteroatoms. The van der Waals surface area contributed by atoms with Crippen LogP contribution in [-0.2, 0) is 7.05 Å². The van der Waals surface area contributed by atoms with Gasteiger partial charge in [-0.1, -0.05) is 30.3 Å². The van der Waals surface area contributed by atoms with Gasteiger partial charge in [-0.25, -0.2) is 10.4 Å². The fourth-order valence-electron chi connectivity index (χ4n) is 3.98. The first kappa shape index (κ1) is 13.9. The molecule has 1 aliphatic heterocycles. The number of aryl methyl sites for hydroxylation is 2. The second kappa shape index (κ2) is 5.00. The van der Waals surface area contributed by atoms with E-state index in [1.165, 1.54) is 21.6 Å². The summed E-state index contributed by atoms with van der Waals surface area (Å²) < 4.78 is 1.86. The van der Waals surface area contributed by atoms with E-state index >= 15 is 0 Å². The van der Waals surface area contributed by atoms with Crippen molar-refractivity contribution in [2.24, 2.45) is 7.05 Å². The van der Waals surface area contributed by atoms with Gasteiger partial charge in [0.2, 0.25) is 0 Å². The standard InChI is InChI=1S/C19H19N5/c1-11-15(10-24(2)23-11)19-13-6-4-3-5-12(13)18-14-9-20-22-16(14)7-8-17(18)21-19/h3-6,8,10,16,20,22H,7,9H2,1-2H3. The number of hydrogen-bond donors (Lipinski definition) is 2. The molecule has 1 atom stereocenters. The van der Waals surface area contributed by atoms with Crippen LogP contribution in [0, 0.1) is 6.92 Å². The third kappa shape index (κ3) is 1.89. The molecular formula is C19H19N5. The normalized spacial score (nSPS) is 19.2. The Kier molecular flexibility index (Phi) is 2.89. The van der Waals surface area contributed by atoms with Crippen LogP contribution in [0.15, 0.2) is 30.5 Å². The van der Waals surface area contributed by atoms with Gasteiger partial charge in [-0.05, 0) is 24.3 Å². The molecule has 0 bridgehead atoms. The zero-order chi connectivity index (χ0) is 16.3. The van der Waals surface area contributed by atoms with Crippen molar-refractivity contribution < 1.29 is 0 Å². The minimum absolute atomic E-state index is 0.383. The highest BCUT2D eigenvalue weighted by Gasteiger charge is 2.24. The van der Waals surface area contributed by atoms with E-state index < -0.39 is 0 Å². The SMILES string of the molecule is Cc1nn(C)cc1-c1nc2c(c3ccccc13)=C1CNNC1CC=2. The van der Waals surface area contributed by atoms with Crippen molar-refractivity contribution in [3.63, 3.8) is 0 Å². The largest absolute Gasteiger partial charge is 0.275 e. The minimum Gasteiger partial charge on any atom is -0.275 e. The summed E-state index contributed by atoms with van der Waals surface area (Å²) in [6.07, 6.45) is 5.30. The second-order valence-electron chi connectivity index (χ2n) is 6.58. The highest BCUT2D eigenvalue weighted by molar-refractivity contribution is 5.96. The maximum absolute atomic E-state index is 5.06. The molecule has 3 heterocycles.